The minimum absolute atomic E-state index is 0. The molecule has 2 fully saturated rings. The number of hydrogen-bond acceptors (Lipinski definition) is 4. The first-order chi connectivity index (χ1) is 10.5. The fraction of sp³-hybridized carbons (Fsp3) is 0.938. The summed E-state index contributed by atoms with van der Waals surface area (Å²) in [6.07, 6.45) is 0.241. The molecule has 2 N–H and O–H groups in total. The van der Waals surface area contributed by atoms with Crippen LogP contribution in [-0.2, 0) is 4.74 Å². The minimum Gasteiger partial charge on any atom is -0.374 e. The van der Waals surface area contributed by atoms with Crippen LogP contribution in [0.5, 0.6) is 0 Å². The number of morpholine rings is 1. The van der Waals surface area contributed by atoms with Crippen LogP contribution in [0.15, 0.2) is 4.99 Å². The van der Waals surface area contributed by atoms with E-state index in [9.17, 15) is 0 Å². The Morgan fingerprint density at radius 2 is 2.04 bits per heavy atom. The van der Waals surface area contributed by atoms with E-state index in [1.54, 1.807) is 0 Å². The summed E-state index contributed by atoms with van der Waals surface area (Å²) in [4.78, 5) is 9.20. The molecule has 7 heteroatoms. The van der Waals surface area contributed by atoms with Crippen molar-refractivity contribution in [3.8, 4) is 0 Å². The van der Waals surface area contributed by atoms with E-state index >= 15 is 0 Å². The average molecular weight is 439 g/mol. The van der Waals surface area contributed by atoms with E-state index in [1.165, 1.54) is 0 Å². The highest BCUT2D eigenvalue weighted by Gasteiger charge is 2.31. The highest BCUT2D eigenvalue weighted by Crippen LogP contribution is 2.18. The van der Waals surface area contributed by atoms with E-state index in [0.717, 1.165) is 45.3 Å². The summed E-state index contributed by atoms with van der Waals surface area (Å²) in [6, 6.07) is 1.07. The number of hydrogen-bond donors (Lipinski definition) is 2. The van der Waals surface area contributed by atoms with Crippen LogP contribution in [0.2, 0.25) is 0 Å². The second kappa shape index (κ2) is 10.0. The molecule has 2 rings (SSSR count). The van der Waals surface area contributed by atoms with Gasteiger partial charge in [0.1, 0.15) is 0 Å². The van der Waals surface area contributed by atoms with Crippen molar-refractivity contribution in [1.29, 1.82) is 0 Å². The highest BCUT2D eigenvalue weighted by molar-refractivity contribution is 14.0. The van der Waals surface area contributed by atoms with E-state index in [-0.39, 0.29) is 30.1 Å². The maximum absolute atomic E-state index is 5.79. The van der Waals surface area contributed by atoms with Crippen molar-refractivity contribution in [3.05, 3.63) is 0 Å². The van der Waals surface area contributed by atoms with Gasteiger partial charge in [-0.2, -0.15) is 0 Å². The summed E-state index contributed by atoms with van der Waals surface area (Å²) in [6.45, 7) is 12.7. The first kappa shape index (κ1) is 20.9. The van der Waals surface area contributed by atoms with Crippen LogP contribution in [0.4, 0.5) is 0 Å². The molecule has 0 saturated carbocycles. The molecule has 6 nitrogen and oxygen atoms in total. The Hall–Kier alpha value is -0.120. The summed E-state index contributed by atoms with van der Waals surface area (Å²) >= 11 is 0. The molecule has 3 atom stereocenters. The van der Waals surface area contributed by atoms with Crippen molar-refractivity contribution in [2.24, 2.45) is 10.9 Å². The van der Waals surface area contributed by atoms with Gasteiger partial charge in [0, 0.05) is 51.9 Å². The monoisotopic (exact) mass is 439 g/mol. The fourth-order valence-corrected chi connectivity index (χ4v) is 3.18. The number of likely N-dealkylation sites (N-methyl/N-ethyl adjacent to an activating group) is 1. The molecular weight excluding hydrogens is 405 g/mol. The lowest BCUT2D eigenvalue weighted by atomic mass is 10.1. The molecule has 2 heterocycles. The number of rotatable bonds is 4. The van der Waals surface area contributed by atoms with Crippen molar-refractivity contribution in [3.63, 3.8) is 0 Å². The Bertz CT molecular complexity index is 379. The van der Waals surface area contributed by atoms with Crippen molar-refractivity contribution in [2.75, 3.05) is 53.4 Å². The van der Waals surface area contributed by atoms with Gasteiger partial charge in [-0.15, -0.1) is 24.0 Å². The van der Waals surface area contributed by atoms with Gasteiger partial charge in [-0.3, -0.25) is 9.89 Å². The van der Waals surface area contributed by atoms with Crippen molar-refractivity contribution < 1.29 is 4.74 Å². The van der Waals surface area contributed by atoms with Crippen molar-refractivity contribution in [1.82, 2.24) is 20.4 Å². The summed E-state index contributed by atoms with van der Waals surface area (Å²) in [5, 5.41) is 7.00. The van der Waals surface area contributed by atoms with Gasteiger partial charge < -0.3 is 20.3 Å². The van der Waals surface area contributed by atoms with Gasteiger partial charge in [0.25, 0.3) is 0 Å². The lowest BCUT2D eigenvalue weighted by molar-refractivity contribution is -0.0161. The molecule has 0 aliphatic carbocycles. The maximum Gasteiger partial charge on any atom is 0.191 e. The fourth-order valence-electron chi connectivity index (χ4n) is 3.18. The van der Waals surface area contributed by atoms with Crippen molar-refractivity contribution in [2.45, 2.75) is 39.0 Å². The van der Waals surface area contributed by atoms with Gasteiger partial charge >= 0.3 is 0 Å². The summed E-state index contributed by atoms with van der Waals surface area (Å²) in [5.74, 6) is 1.53. The maximum atomic E-state index is 5.79. The Kier molecular flexibility index (Phi) is 9.10. The minimum atomic E-state index is 0. The summed E-state index contributed by atoms with van der Waals surface area (Å²) in [7, 11) is 3.98. The number of aliphatic imine (C=N–C) groups is 1. The van der Waals surface area contributed by atoms with E-state index in [4.69, 9.17) is 4.74 Å². The van der Waals surface area contributed by atoms with Crippen LogP contribution < -0.4 is 10.6 Å². The zero-order chi connectivity index (χ0) is 16.1. The molecule has 0 aromatic carbocycles. The number of nitrogens with zero attached hydrogens (tertiary/aromatic N) is 3. The second-order valence-corrected chi connectivity index (χ2v) is 6.98. The average Bonchev–Trinajstić information content (AvgIpc) is 2.85. The standard InChI is InChI=1S/C16H33N5O.HI/c1-12(2)21-9-13(3)15(11-21)19-16(17-4)18-8-14-10-20(5)6-7-22-14;/h12-15H,6-11H2,1-5H3,(H2,17,18,19);1H. The molecule has 3 unspecified atom stereocenters. The first-order valence-electron chi connectivity index (χ1n) is 8.51. The quantitative estimate of drug-likeness (QED) is 0.386. The summed E-state index contributed by atoms with van der Waals surface area (Å²) in [5.41, 5.74) is 0. The predicted octanol–water partition coefficient (Wildman–Crippen LogP) is 0.829. The van der Waals surface area contributed by atoms with Gasteiger partial charge in [0.15, 0.2) is 5.96 Å². The lowest BCUT2D eigenvalue weighted by Gasteiger charge is -2.31. The molecule has 0 bridgehead atoms. The number of halogens is 1. The Labute approximate surface area is 158 Å². The van der Waals surface area contributed by atoms with Crippen LogP contribution in [0.25, 0.3) is 0 Å². The van der Waals surface area contributed by atoms with E-state index in [2.05, 4.69) is 53.2 Å². The van der Waals surface area contributed by atoms with Crippen LogP contribution in [-0.4, -0.2) is 87.4 Å². The molecule has 23 heavy (non-hydrogen) atoms. The topological polar surface area (TPSA) is 52.1 Å². The van der Waals surface area contributed by atoms with Crippen LogP contribution >= 0.6 is 24.0 Å². The van der Waals surface area contributed by atoms with E-state index in [1.807, 2.05) is 7.05 Å². The third-order valence-electron chi connectivity index (χ3n) is 4.76. The molecular formula is C16H34IN5O. The second-order valence-electron chi connectivity index (χ2n) is 6.98. The molecule has 0 spiro atoms. The van der Waals surface area contributed by atoms with Crippen LogP contribution in [0, 0.1) is 5.92 Å². The molecule has 2 aliphatic rings. The number of guanidine groups is 1. The largest absolute Gasteiger partial charge is 0.374 e. The first-order valence-corrected chi connectivity index (χ1v) is 8.51. The number of ether oxygens (including phenoxy) is 1. The molecule has 0 aromatic heterocycles. The van der Waals surface area contributed by atoms with Gasteiger partial charge in [-0.1, -0.05) is 6.92 Å². The van der Waals surface area contributed by atoms with E-state index < -0.39 is 0 Å². The molecule has 0 amide bonds. The highest BCUT2D eigenvalue weighted by atomic mass is 127. The zero-order valence-electron chi connectivity index (χ0n) is 15.2. The van der Waals surface area contributed by atoms with Crippen LogP contribution in [0.3, 0.4) is 0 Å². The number of likely N-dealkylation sites (tertiary alicyclic amines) is 1. The zero-order valence-corrected chi connectivity index (χ0v) is 17.5. The normalized spacial score (nSPS) is 30.3. The lowest BCUT2D eigenvalue weighted by Crippen LogP contribution is -2.51. The van der Waals surface area contributed by atoms with E-state index in [0.29, 0.717) is 18.0 Å². The SMILES string of the molecule is CN=C(NCC1CN(C)CCO1)NC1CN(C(C)C)CC1C.I. The van der Waals surface area contributed by atoms with Gasteiger partial charge in [0.05, 0.1) is 12.7 Å². The Balaban J connectivity index is 0.00000264. The summed E-state index contributed by atoms with van der Waals surface area (Å²) < 4.78 is 5.79. The van der Waals surface area contributed by atoms with Gasteiger partial charge in [0.2, 0.25) is 0 Å². The Morgan fingerprint density at radius 3 is 2.61 bits per heavy atom. The molecule has 0 radical (unpaired) electrons. The van der Waals surface area contributed by atoms with Crippen molar-refractivity contribution >= 4 is 29.9 Å². The molecule has 2 saturated heterocycles. The smallest absolute Gasteiger partial charge is 0.191 e. The number of nitrogens with one attached hydrogen (secondary N) is 2. The van der Waals surface area contributed by atoms with Crippen LogP contribution in [0.1, 0.15) is 20.8 Å². The third-order valence-corrected chi connectivity index (χ3v) is 4.76. The third kappa shape index (κ3) is 6.36. The Morgan fingerprint density at radius 1 is 1.30 bits per heavy atom. The molecule has 2 aliphatic heterocycles. The molecule has 0 aromatic rings. The van der Waals surface area contributed by atoms with Gasteiger partial charge in [-0.25, -0.2) is 0 Å². The molecule has 136 valence electrons. The van der Waals surface area contributed by atoms with Gasteiger partial charge in [-0.05, 0) is 26.8 Å². The predicted molar refractivity (Wildman–Crippen MR) is 107 cm³/mol.